The average molecular weight is 652 g/mol. The summed E-state index contributed by atoms with van der Waals surface area (Å²) in [4.78, 5) is 5.13. The third-order valence-electron chi connectivity index (χ3n) is 10.3. The Morgan fingerprint density at radius 3 is 2.02 bits per heavy atom. The number of rotatable bonds is 4. The van der Waals surface area contributed by atoms with Crippen LogP contribution in [0.4, 0.5) is 0 Å². The minimum atomic E-state index is 0.851. The molecule has 4 nitrogen and oxygen atoms in total. The van der Waals surface area contributed by atoms with Crippen molar-refractivity contribution in [3.05, 3.63) is 176 Å². The van der Waals surface area contributed by atoms with E-state index in [1.54, 1.807) is 0 Å². The van der Waals surface area contributed by atoms with Crippen LogP contribution in [0.2, 0.25) is 0 Å². The Bertz CT molecular complexity index is 3130. The number of fused-ring (bicyclic) bond motifs is 9. The lowest BCUT2D eigenvalue weighted by Gasteiger charge is -2.11. The molecule has 3 aromatic heterocycles. The van der Waals surface area contributed by atoms with Crippen LogP contribution in [0.1, 0.15) is 0 Å². The summed E-state index contributed by atoms with van der Waals surface area (Å²) in [6.07, 6.45) is 0. The van der Waals surface area contributed by atoms with Crippen molar-refractivity contribution in [2.75, 3.05) is 0 Å². The molecule has 0 aliphatic heterocycles. The number of aromatic nitrogens is 3. The lowest BCUT2D eigenvalue weighted by molar-refractivity contribution is 0.669. The molecule has 11 aromatic rings. The summed E-state index contributed by atoms with van der Waals surface area (Å²) >= 11 is 0. The van der Waals surface area contributed by atoms with E-state index >= 15 is 0 Å². The smallest absolute Gasteiger partial charge is 0.145 e. The summed E-state index contributed by atoms with van der Waals surface area (Å²) in [6.45, 7) is 0. The predicted molar refractivity (Wildman–Crippen MR) is 211 cm³/mol. The highest BCUT2D eigenvalue weighted by Gasteiger charge is 2.20. The van der Waals surface area contributed by atoms with Crippen LogP contribution in [0.15, 0.2) is 180 Å². The van der Waals surface area contributed by atoms with Crippen LogP contribution >= 0.6 is 0 Å². The predicted octanol–water partition coefficient (Wildman–Crippen LogP) is 12.5. The zero-order valence-electron chi connectivity index (χ0n) is 27.5. The first-order valence-corrected chi connectivity index (χ1v) is 17.3. The Balaban J connectivity index is 1.16. The Labute approximate surface area is 293 Å². The van der Waals surface area contributed by atoms with Crippen molar-refractivity contribution >= 4 is 65.6 Å². The van der Waals surface area contributed by atoms with E-state index in [1.807, 2.05) is 12.1 Å². The van der Waals surface area contributed by atoms with E-state index in [0.29, 0.717) is 0 Å². The van der Waals surface area contributed by atoms with Gasteiger partial charge in [-0.15, -0.1) is 0 Å². The van der Waals surface area contributed by atoms with Crippen LogP contribution < -0.4 is 0 Å². The monoisotopic (exact) mass is 651 g/mol. The molecule has 0 N–H and O–H groups in total. The largest absolute Gasteiger partial charge is 0.456 e. The number of hydrogen-bond donors (Lipinski definition) is 0. The second-order valence-corrected chi connectivity index (χ2v) is 13.2. The molecule has 0 saturated heterocycles. The summed E-state index contributed by atoms with van der Waals surface area (Å²) in [5, 5.41) is 7.15. The summed E-state index contributed by atoms with van der Waals surface area (Å²) < 4.78 is 11.2. The van der Waals surface area contributed by atoms with E-state index in [0.717, 1.165) is 66.9 Å². The lowest BCUT2D eigenvalue weighted by Crippen LogP contribution is -1.98. The number of benzene rings is 8. The quantitative estimate of drug-likeness (QED) is 0.190. The van der Waals surface area contributed by atoms with Gasteiger partial charge in [0.15, 0.2) is 0 Å². The Kier molecular flexibility index (Phi) is 5.92. The molecule has 0 fully saturated rings. The third-order valence-corrected chi connectivity index (χ3v) is 10.3. The lowest BCUT2D eigenvalue weighted by atomic mass is 9.98. The van der Waals surface area contributed by atoms with Gasteiger partial charge in [0.05, 0.1) is 33.1 Å². The SMILES string of the molecule is c1ccc(-c2nc3ccccc3n2-c2cccc3oc4ccc(-c5ccc6c(c5)c5c7ccccc7ccc5n6-c5ccccc5)cc4c23)cc1. The van der Waals surface area contributed by atoms with Crippen molar-refractivity contribution in [3.8, 4) is 33.9 Å². The molecule has 0 atom stereocenters. The Morgan fingerprint density at radius 2 is 1.14 bits per heavy atom. The summed E-state index contributed by atoms with van der Waals surface area (Å²) in [7, 11) is 0. The van der Waals surface area contributed by atoms with Gasteiger partial charge in [0.25, 0.3) is 0 Å². The van der Waals surface area contributed by atoms with Gasteiger partial charge in [-0.25, -0.2) is 4.98 Å². The molecule has 0 aliphatic carbocycles. The molecule has 11 rings (SSSR count). The second kappa shape index (κ2) is 10.8. The molecule has 4 heteroatoms. The minimum absolute atomic E-state index is 0.851. The Morgan fingerprint density at radius 1 is 0.412 bits per heavy atom. The van der Waals surface area contributed by atoms with Crippen molar-refractivity contribution in [2.24, 2.45) is 0 Å². The van der Waals surface area contributed by atoms with Crippen molar-refractivity contribution in [1.29, 1.82) is 0 Å². The molecule has 238 valence electrons. The highest BCUT2D eigenvalue weighted by atomic mass is 16.3. The molecule has 0 amide bonds. The highest BCUT2D eigenvalue weighted by molar-refractivity contribution is 6.22. The fourth-order valence-corrected chi connectivity index (χ4v) is 8.05. The van der Waals surface area contributed by atoms with Crippen molar-refractivity contribution < 1.29 is 4.42 Å². The van der Waals surface area contributed by atoms with E-state index in [9.17, 15) is 0 Å². The fraction of sp³-hybridized carbons (Fsp3) is 0. The molecule has 8 aromatic carbocycles. The van der Waals surface area contributed by atoms with Crippen LogP contribution in [-0.4, -0.2) is 14.1 Å². The summed E-state index contributed by atoms with van der Waals surface area (Å²) in [5.41, 5.74) is 11.7. The molecular formula is C47H29N3O. The second-order valence-electron chi connectivity index (χ2n) is 13.2. The van der Waals surface area contributed by atoms with Crippen molar-refractivity contribution in [3.63, 3.8) is 0 Å². The minimum Gasteiger partial charge on any atom is -0.456 e. The number of para-hydroxylation sites is 3. The Hall–Kier alpha value is -6.91. The van der Waals surface area contributed by atoms with Crippen LogP contribution in [-0.2, 0) is 0 Å². The fourth-order valence-electron chi connectivity index (χ4n) is 8.05. The highest BCUT2D eigenvalue weighted by Crippen LogP contribution is 2.41. The van der Waals surface area contributed by atoms with Crippen LogP contribution in [0.5, 0.6) is 0 Å². The number of nitrogens with zero attached hydrogens (tertiary/aromatic N) is 3. The van der Waals surface area contributed by atoms with Gasteiger partial charge in [-0.05, 0) is 88.6 Å². The molecule has 0 radical (unpaired) electrons. The van der Waals surface area contributed by atoms with Crippen LogP contribution in [0.25, 0.3) is 99.4 Å². The van der Waals surface area contributed by atoms with Gasteiger partial charge >= 0.3 is 0 Å². The molecule has 0 aliphatic rings. The molecule has 3 heterocycles. The van der Waals surface area contributed by atoms with E-state index in [1.165, 1.54) is 32.6 Å². The summed E-state index contributed by atoms with van der Waals surface area (Å²) in [5.74, 6) is 0.905. The third kappa shape index (κ3) is 4.17. The molecular weight excluding hydrogens is 623 g/mol. The topological polar surface area (TPSA) is 35.9 Å². The van der Waals surface area contributed by atoms with Gasteiger partial charge in [0.2, 0.25) is 0 Å². The first-order valence-electron chi connectivity index (χ1n) is 17.3. The van der Waals surface area contributed by atoms with Gasteiger partial charge in [-0.1, -0.05) is 109 Å². The zero-order valence-corrected chi connectivity index (χ0v) is 27.5. The number of furan rings is 1. The number of hydrogen-bond acceptors (Lipinski definition) is 2. The van der Waals surface area contributed by atoms with Crippen LogP contribution in [0.3, 0.4) is 0 Å². The van der Waals surface area contributed by atoms with E-state index in [-0.39, 0.29) is 0 Å². The van der Waals surface area contributed by atoms with E-state index < -0.39 is 0 Å². The van der Waals surface area contributed by atoms with Gasteiger partial charge in [-0.2, -0.15) is 0 Å². The van der Waals surface area contributed by atoms with Gasteiger partial charge in [-0.3, -0.25) is 4.57 Å². The van der Waals surface area contributed by atoms with E-state index in [4.69, 9.17) is 9.40 Å². The maximum absolute atomic E-state index is 6.53. The first kappa shape index (κ1) is 28.0. The standard InChI is InChI=1S/C47H29N3O/c1-3-13-31(14-4-1)47-48-38-18-9-10-19-40(38)50(47)41-20-11-21-44-46(41)37-29-33(24-27-43(37)51-44)32-23-25-39-36(28-32)45-35-17-8-7-12-30(35)22-26-42(45)49(39)34-15-5-2-6-16-34/h1-29H. The summed E-state index contributed by atoms with van der Waals surface area (Å²) in [6, 6.07) is 62.4. The zero-order chi connectivity index (χ0) is 33.5. The van der Waals surface area contributed by atoms with Gasteiger partial charge in [0, 0.05) is 27.4 Å². The molecule has 51 heavy (non-hydrogen) atoms. The maximum atomic E-state index is 6.53. The average Bonchev–Trinajstić information content (AvgIpc) is 3.88. The first-order chi connectivity index (χ1) is 25.3. The van der Waals surface area contributed by atoms with Crippen molar-refractivity contribution in [1.82, 2.24) is 14.1 Å². The van der Waals surface area contributed by atoms with E-state index in [2.05, 4.69) is 173 Å². The molecule has 0 unspecified atom stereocenters. The molecule has 0 bridgehead atoms. The molecule has 0 spiro atoms. The molecule has 0 saturated carbocycles. The maximum Gasteiger partial charge on any atom is 0.145 e. The number of imidazole rings is 1. The van der Waals surface area contributed by atoms with Crippen LogP contribution in [0, 0.1) is 0 Å². The normalized spacial score (nSPS) is 11.9. The van der Waals surface area contributed by atoms with Crippen molar-refractivity contribution in [2.45, 2.75) is 0 Å². The van der Waals surface area contributed by atoms with Gasteiger partial charge in [0.1, 0.15) is 17.0 Å². The van der Waals surface area contributed by atoms with Gasteiger partial charge < -0.3 is 8.98 Å².